The van der Waals surface area contributed by atoms with E-state index in [-0.39, 0.29) is 18.2 Å². The number of carbonyl (C=O) groups excluding carboxylic acids is 2. The van der Waals surface area contributed by atoms with Crippen LogP contribution in [0.1, 0.15) is 17.5 Å². The minimum Gasteiger partial charge on any atom is -0.356 e. The van der Waals surface area contributed by atoms with Crippen molar-refractivity contribution in [3.05, 3.63) is 77.3 Å². The average molecular weight is 442 g/mol. The quantitative estimate of drug-likeness (QED) is 0.613. The van der Waals surface area contributed by atoms with Gasteiger partial charge in [-0.1, -0.05) is 65.8 Å². The number of amides is 2. The van der Waals surface area contributed by atoms with E-state index in [0.29, 0.717) is 29.0 Å². The molecular formula is C23H24ClN3O2S. The van der Waals surface area contributed by atoms with Crippen LogP contribution in [0.5, 0.6) is 0 Å². The number of halogens is 1. The van der Waals surface area contributed by atoms with Crippen LogP contribution in [0.15, 0.2) is 66.2 Å². The molecular weight excluding hydrogens is 418 g/mol. The van der Waals surface area contributed by atoms with Gasteiger partial charge < -0.3 is 5.32 Å². The topological polar surface area (TPSA) is 61.8 Å². The molecule has 5 nitrogen and oxygen atoms in total. The van der Waals surface area contributed by atoms with E-state index >= 15 is 0 Å². The first-order chi connectivity index (χ1) is 14.5. The average Bonchev–Trinajstić information content (AvgIpc) is 3.00. The van der Waals surface area contributed by atoms with E-state index in [1.54, 1.807) is 17.0 Å². The SMILES string of the molecule is C=CCN1C(=O)C(CC(=O)NCCc2ccccc2)SC1=Nc1ccc(C)c(Cl)c1. The standard InChI is InChI=1S/C23H24ClN3O2S/c1-3-13-27-22(29)20(15-21(28)25-12-11-17-7-5-4-6-8-17)30-23(27)26-18-10-9-16(2)19(24)14-18/h3-10,14,20H,1,11-13,15H2,2H3,(H,25,28). The van der Waals surface area contributed by atoms with E-state index in [9.17, 15) is 9.59 Å². The molecule has 0 radical (unpaired) electrons. The number of hydrogen-bond acceptors (Lipinski definition) is 4. The summed E-state index contributed by atoms with van der Waals surface area (Å²) in [4.78, 5) is 31.3. The van der Waals surface area contributed by atoms with E-state index in [0.717, 1.165) is 17.5 Å². The molecule has 2 amide bonds. The van der Waals surface area contributed by atoms with E-state index in [4.69, 9.17) is 11.6 Å². The van der Waals surface area contributed by atoms with Gasteiger partial charge in [0.15, 0.2) is 5.17 Å². The minimum absolute atomic E-state index is 0.111. The molecule has 2 aromatic rings. The molecule has 2 aromatic carbocycles. The number of carbonyl (C=O) groups is 2. The lowest BCUT2D eigenvalue weighted by Crippen LogP contribution is -2.35. The maximum atomic E-state index is 12.8. The van der Waals surface area contributed by atoms with Gasteiger partial charge in [0.2, 0.25) is 11.8 Å². The molecule has 7 heteroatoms. The number of thioether (sulfide) groups is 1. The number of hydrogen-bond donors (Lipinski definition) is 1. The van der Waals surface area contributed by atoms with Gasteiger partial charge in [0.1, 0.15) is 5.25 Å². The van der Waals surface area contributed by atoms with Crippen molar-refractivity contribution in [2.24, 2.45) is 4.99 Å². The predicted molar refractivity (Wildman–Crippen MR) is 124 cm³/mol. The van der Waals surface area contributed by atoms with E-state index < -0.39 is 5.25 Å². The molecule has 0 spiro atoms. The zero-order chi connectivity index (χ0) is 21.5. The maximum absolute atomic E-state index is 12.8. The monoisotopic (exact) mass is 441 g/mol. The fraction of sp³-hybridized carbons (Fsp3) is 0.261. The zero-order valence-corrected chi connectivity index (χ0v) is 18.4. The van der Waals surface area contributed by atoms with Gasteiger partial charge in [-0.05, 0) is 36.6 Å². The van der Waals surface area contributed by atoms with E-state index in [1.807, 2.05) is 49.4 Å². The van der Waals surface area contributed by atoms with Gasteiger partial charge in [-0.2, -0.15) is 0 Å². The Morgan fingerprint density at radius 2 is 2.07 bits per heavy atom. The second-order valence-corrected chi connectivity index (χ2v) is 8.54. The molecule has 1 aliphatic heterocycles. The Labute approximate surface area is 186 Å². The Morgan fingerprint density at radius 3 is 2.77 bits per heavy atom. The molecule has 0 bridgehead atoms. The van der Waals surface area contributed by atoms with Crippen molar-refractivity contribution >= 4 is 46.0 Å². The van der Waals surface area contributed by atoms with Crippen molar-refractivity contribution < 1.29 is 9.59 Å². The van der Waals surface area contributed by atoms with Gasteiger partial charge in [-0.3, -0.25) is 14.5 Å². The van der Waals surface area contributed by atoms with Crippen LogP contribution in [0, 0.1) is 6.92 Å². The molecule has 30 heavy (non-hydrogen) atoms. The molecule has 1 unspecified atom stereocenters. The van der Waals surface area contributed by atoms with Crippen molar-refractivity contribution in [2.75, 3.05) is 13.1 Å². The van der Waals surface area contributed by atoms with Gasteiger partial charge >= 0.3 is 0 Å². The first-order valence-electron chi connectivity index (χ1n) is 9.72. The summed E-state index contributed by atoms with van der Waals surface area (Å²) in [5.41, 5.74) is 2.79. The number of amidine groups is 1. The summed E-state index contributed by atoms with van der Waals surface area (Å²) >= 11 is 7.49. The molecule has 0 saturated carbocycles. The zero-order valence-electron chi connectivity index (χ0n) is 16.8. The number of nitrogens with zero attached hydrogens (tertiary/aromatic N) is 2. The summed E-state index contributed by atoms with van der Waals surface area (Å²) in [6.07, 6.45) is 2.51. The van der Waals surface area contributed by atoms with Crippen LogP contribution >= 0.6 is 23.4 Å². The highest BCUT2D eigenvalue weighted by atomic mass is 35.5. The number of aliphatic imine (C=N–C) groups is 1. The van der Waals surface area contributed by atoms with Crippen molar-refractivity contribution in [1.29, 1.82) is 0 Å². The fourth-order valence-electron chi connectivity index (χ4n) is 3.02. The third-order valence-corrected chi connectivity index (χ3v) is 6.24. The molecule has 3 rings (SSSR count). The summed E-state index contributed by atoms with van der Waals surface area (Å²) in [6, 6.07) is 15.5. The molecule has 1 fully saturated rings. The summed E-state index contributed by atoms with van der Waals surface area (Å²) in [6.45, 7) is 6.52. The van der Waals surface area contributed by atoms with Gasteiger partial charge in [0.05, 0.1) is 5.69 Å². The van der Waals surface area contributed by atoms with Crippen LogP contribution in [-0.2, 0) is 16.0 Å². The van der Waals surface area contributed by atoms with Crippen LogP contribution in [0.4, 0.5) is 5.69 Å². The molecule has 0 aromatic heterocycles. The van der Waals surface area contributed by atoms with Crippen LogP contribution in [0.25, 0.3) is 0 Å². The Morgan fingerprint density at radius 1 is 1.30 bits per heavy atom. The van der Waals surface area contributed by atoms with Crippen LogP contribution in [0.3, 0.4) is 0 Å². The van der Waals surface area contributed by atoms with Crippen LogP contribution in [-0.4, -0.2) is 40.2 Å². The second-order valence-electron chi connectivity index (χ2n) is 6.96. The Balaban J connectivity index is 1.63. The molecule has 0 aliphatic carbocycles. The normalized spacial score (nSPS) is 17.4. The Kier molecular flexibility index (Phi) is 7.71. The predicted octanol–water partition coefficient (Wildman–Crippen LogP) is 4.51. The molecule has 1 saturated heterocycles. The first kappa shape index (κ1) is 22.1. The van der Waals surface area contributed by atoms with E-state index in [2.05, 4.69) is 16.9 Å². The minimum atomic E-state index is -0.499. The largest absolute Gasteiger partial charge is 0.356 e. The van der Waals surface area contributed by atoms with Gasteiger partial charge in [0.25, 0.3) is 0 Å². The van der Waals surface area contributed by atoms with Gasteiger partial charge in [-0.25, -0.2) is 4.99 Å². The lowest BCUT2D eigenvalue weighted by molar-refractivity contribution is -0.129. The number of benzene rings is 2. The number of nitrogens with one attached hydrogen (secondary N) is 1. The molecule has 1 atom stereocenters. The van der Waals surface area contributed by atoms with Crippen LogP contribution in [0.2, 0.25) is 5.02 Å². The van der Waals surface area contributed by atoms with Crippen molar-refractivity contribution in [2.45, 2.75) is 25.0 Å². The summed E-state index contributed by atoms with van der Waals surface area (Å²) in [5, 5.41) is 3.58. The Hall–Kier alpha value is -2.57. The van der Waals surface area contributed by atoms with Crippen molar-refractivity contribution in [3.8, 4) is 0 Å². The van der Waals surface area contributed by atoms with Gasteiger partial charge in [-0.15, -0.1) is 6.58 Å². The Bertz CT molecular complexity index is 962. The summed E-state index contributed by atoms with van der Waals surface area (Å²) in [5.74, 6) is -0.273. The van der Waals surface area contributed by atoms with Crippen LogP contribution < -0.4 is 5.32 Å². The van der Waals surface area contributed by atoms with Gasteiger partial charge in [0, 0.05) is 24.5 Å². The number of rotatable bonds is 8. The summed E-state index contributed by atoms with van der Waals surface area (Å²) < 4.78 is 0. The molecule has 1 aliphatic rings. The first-order valence-corrected chi connectivity index (χ1v) is 11.0. The molecule has 156 valence electrons. The molecule has 1 heterocycles. The van der Waals surface area contributed by atoms with Crippen molar-refractivity contribution in [1.82, 2.24) is 10.2 Å². The van der Waals surface area contributed by atoms with E-state index in [1.165, 1.54) is 11.8 Å². The highest BCUT2D eigenvalue weighted by Gasteiger charge is 2.38. The lowest BCUT2D eigenvalue weighted by Gasteiger charge is -2.14. The third kappa shape index (κ3) is 5.74. The van der Waals surface area contributed by atoms with Crippen molar-refractivity contribution in [3.63, 3.8) is 0 Å². The lowest BCUT2D eigenvalue weighted by atomic mass is 10.1. The third-order valence-electron chi connectivity index (χ3n) is 4.66. The smallest absolute Gasteiger partial charge is 0.242 e. The maximum Gasteiger partial charge on any atom is 0.242 e. The highest BCUT2D eigenvalue weighted by Crippen LogP contribution is 2.32. The molecule has 1 N–H and O–H groups in total. The fourth-order valence-corrected chi connectivity index (χ4v) is 4.36. The second kappa shape index (κ2) is 10.5. The highest BCUT2D eigenvalue weighted by molar-refractivity contribution is 8.15. The summed E-state index contributed by atoms with van der Waals surface area (Å²) in [7, 11) is 0. The number of aryl methyl sites for hydroxylation is 1.